The highest BCUT2D eigenvalue weighted by Crippen LogP contribution is 2.32. The van der Waals surface area contributed by atoms with E-state index in [0.717, 1.165) is 30.7 Å². The lowest BCUT2D eigenvalue weighted by atomic mass is 9.93. The first kappa shape index (κ1) is 14.6. The maximum Gasteiger partial charge on any atom is 0.241 e. The molecule has 0 aromatic carbocycles. The summed E-state index contributed by atoms with van der Waals surface area (Å²) < 4.78 is 7.06. The number of aryl methyl sites for hydroxylation is 1. The molecule has 0 aliphatic heterocycles. The molecule has 118 valence electrons. The van der Waals surface area contributed by atoms with Crippen molar-refractivity contribution in [2.45, 2.75) is 31.8 Å². The maximum absolute atomic E-state index is 11.6. The molecule has 1 amide bonds. The molecule has 0 saturated heterocycles. The number of aliphatic hydroxyl groups excluding tert-OH is 1. The quantitative estimate of drug-likeness (QED) is 0.742. The van der Waals surface area contributed by atoms with Crippen molar-refractivity contribution in [3.8, 4) is 0 Å². The summed E-state index contributed by atoms with van der Waals surface area (Å²) in [5.41, 5.74) is 2.09. The molecule has 0 spiro atoms. The molecule has 0 fully saturated rings. The minimum absolute atomic E-state index is 0.0631. The fourth-order valence-electron chi connectivity index (χ4n) is 2.76. The van der Waals surface area contributed by atoms with Crippen molar-refractivity contribution in [3.05, 3.63) is 36.0 Å². The van der Waals surface area contributed by atoms with Gasteiger partial charge in [0.25, 0.3) is 0 Å². The maximum atomic E-state index is 11.6. The second kappa shape index (κ2) is 6.65. The number of aliphatic hydroxyl groups is 1. The Morgan fingerprint density at radius 2 is 2.45 bits per heavy atom. The largest absolute Gasteiger partial charge is 0.469 e. The van der Waals surface area contributed by atoms with Crippen molar-refractivity contribution in [1.29, 1.82) is 0 Å². The van der Waals surface area contributed by atoms with E-state index in [4.69, 9.17) is 9.52 Å². The van der Waals surface area contributed by atoms with Crippen LogP contribution in [0.1, 0.15) is 30.2 Å². The Morgan fingerprint density at radius 1 is 1.55 bits per heavy atom. The lowest BCUT2D eigenvalue weighted by Crippen LogP contribution is -2.30. The number of amides is 1. The number of carbonyl (C=O) groups is 1. The van der Waals surface area contributed by atoms with Gasteiger partial charge in [0.1, 0.15) is 12.3 Å². The van der Waals surface area contributed by atoms with Gasteiger partial charge in [-0.2, -0.15) is 5.10 Å². The number of aromatic nitrogens is 2. The van der Waals surface area contributed by atoms with E-state index in [1.54, 1.807) is 17.1 Å². The van der Waals surface area contributed by atoms with E-state index in [0.29, 0.717) is 0 Å². The van der Waals surface area contributed by atoms with Gasteiger partial charge < -0.3 is 20.2 Å². The summed E-state index contributed by atoms with van der Waals surface area (Å²) in [5.74, 6) is 0.887. The smallest absolute Gasteiger partial charge is 0.241 e. The summed E-state index contributed by atoms with van der Waals surface area (Å²) in [5, 5.41) is 18.9. The van der Waals surface area contributed by atoms with Crippen LogP contribution < -0.4 is 10.6 Å². The Kier molecular flexibility index (Phi) is 4.43. The molecule has 2 heterocycles. The molecule has 0 saturated carbocycles. The van der Waals surface area contributed by atoms with Gasteiger partial charge in [0.2, 0.25) is 5.91 Å². The highest BCUT2D eigenvalue weighted by Gasteiger charge is 2.22. The number of anilines is 1. The monoisotopic (exact) mass is 304 g/mol. The van der Waals surface area contributed by atoms with E-state index in [-0.39, 0.29) is 31.6 Å². The van der Waals surface area contributed by atoms with Crippen molar-refractivity contribution in [2.24, 2.45) is 0 Å². The number of nitrogens with zero attached hydrogens (tertiary/aromatic N) is 2. The fraction of sp³-hybridized carbons (Fsp3) is 0.467. The predicted molar refractivity (Wildman–Crippen MR) is 80.3 cm³/mol. The van der Waals surface area contributed by atoms with Crippen LogP contribution in [0.3, 0.4) is 0 Å². The summed E-state index contributed by atoms with van der Waals surface area (Å²) in [7, 11) is 0. The number of hydrogen-bond donors (Lipinski definition) is 3. The van der Waals surface area contributed by atoms with Crippen molar-refractivity contribution in [2.75, 3.05) is 18.5 Å². The normalized spacial score (nSPS) is 17.0. The minimum atomic E-state index is -0.168. The van der Waals surface area contributed by atoms with Crippen molar-refractivity contribution >= 4 is 11.6 Å². The number of fused-ring (bicyclic) bond motifs is 1. The second-order valence-corrected chi connectivity index (χ2v) is 5.39. The van der Waals surface area contributed by atoms with Crippen LogP contribution in [0.4, 0.5) is 5.69 Å². The minimum Gasteiger partial charge on any atom is -0.469 e. The van der Waals surface area contributed by atoms with E-state index in [2.05, 4.69) is 15.7 Å². The molecule has 22 heavy (non-hydrogen) atoms. The number of nitrogens with one attached hydrogen (secondary N) is 2. The van der Waals surface area contributed by atoms with Crippen LogP contribution in [-0.4, -0.2) is 33.9 Å². The summed E-state index contributed by atoms with van der Waals surface area (Å²) in [6.07, 6.45) is 8.40. The molecule has 3 rings (SSSR count). The molecule has 0 radical (unpaired) electrons. The zero-order valence-electron chi connectivity index (χ0n) is 12.3. The molecule has 0 bridgehead atoms. The Hall–Kier alpha value is -2.28. The average Bonchev–Trinajstić information content (AvgIpc) is 3.15. The third-order valence-electron chi connectivity index (χ3n) is 3.77. The third-order valence-corrected chi connectivity index (χ3v) is 3.77. The average molecular weight is 304 g/mol. The van der Waals surface area contributed by atoms with Crippen molar-refractivity contribution < 1.29 is 14.3 Å². The van der Waals surface area contributed by atoms with Crippen LogP contribution in [0.25, 0.3) is 0 Å². The third kappa shape index (κ3) is 3.30. The zero-order valence-corrected chi connectivity index (χ0v) is 12.3. The highest BCUT2D eigenvalue weighted by atomic mass is 16.3. The van der Waals surface area contributed by atoms with Gasteiger partial charge >= 0.3 is 0 Å². The molecule has 7 heteroatoms. The summed E-state index contributed by atoms with van der Waals surface area (Å²) in [6.45, 7) is 0.340. The first-order chi connectivity index (χ1) is 10.8. The molecular weight excluding hydrogens is 284 g/mol. The Balaban J connectivity index is 1.60. The summed E-state index contributed by atoms with van der Waals surface area (Å²) in [4.78, 5) is 11.6. The Bertz CT molecular complexity index is 634. The van der Waals surface area contributed by atoms with Crippen LogP contribution in [0.2, 0.25) is 0 Å². The standard InChI is InChI=1S/C15H20N4O3/c20-6-5-16-15(21)10-19-9-11(8-17-19)18-13-2-1-3-14-12(13)4-7-22-14/h4,7-9,13,18,20H,1-3,5-6,10H2,(H,16,21). The zero-order chi connectivity index (χ0) is 15.4. The van der Waals surface area contributed by atoms with Gasteiger partial charge in [-0.1, -0.05) is 0 Å². The van der Waals surface area contributed by atoms with Crippen LogP contribution in [-0.2, 0) is 17.8 Å². The van der Waals surface area contributed by atoms with Crippen molar-refractivity contribution in [1.82, 2.24) is 15.1 Å². The van der Waals surface area contributed by atoms with E-state index in [9.17, 15) is 4.79 Å². The van der Waals surface area contributed by atoms with E-state index in [1.165, 1.54) is 5.56 Å². The van der Waals surface area contributed by atoms with Gasteiger partial charge in [-0.15, -0.1) is 0 Å². The lowest BCUT2D eigenvalue weighted by Gasteiger charge is -2.22. The second-order valence-electron chi connectivity index (χ2n) is 5.39. The molecule has 1 atom stereocenters. The number of furan rings is 1. The molecule has 7 nitrogen and oxygen atoms in total. The summed E-state index contributed by atoms with van der Waals surface area (Å²) in [6, 6.07) is 2.24. The van der Waals surface area contributed by atoms with Gasteiger partial charge in [-0.25, -0.2) is 0 Å². The molecule has 2 aromatic rings. The van der Waals surface area contributed by atoms with Gasteiger partial charge in [0, 0.05) is 24.7 Å². The molecule has 3 N–H and O–H groups in total. The van der Waals surface area contributed by atoms with Crippen LogP contribution in [0.5, 0.6) is 0 Å². The fourth-order valence-corrected chi connectivity index (χ4v) is 2.76. The Labute approximate surface area is 128 Å². The molecular formula is C15H20N4O3. The van der Waals surface area contributed by atoms with E-state index >= 15 is 0 Å². The first-order valence-corrected chi connectivity index (χ1v) is 7.49. The Morgan fingerprint density at radius 3 is 3.32 bits per heavy atom. The highest BCUT2D eigenvalue weighted by molar-refractivity contribution is 5.75. The lowest BCUT2D eigenvalue weighted by molar-refractivity contribution is -0.122. The topological polar surface area (TPSA) is 92.3 Å². The first-order valence-electron chi connectivity index (χ1n) is 7.49. The van der Waals surface area contributed by atoms with Gasteiger partial charge in [-0.3, -0.25) is 9.48 Å². The van der Waals surface area contributed by atoms with Gasteiger partial charge in [0.15, 0.2) is 0 Å². The SMILES string of the molecule is O=C(Cn1cc(NC2CCCc3occc32)cn1)NCCO. The summed E-state index contributed by atoms with van der Waals surface area (Å²) >= 11 is 0. The van der Waals surface area contributed by atoms with Gasteiger partial charge in [-0.05, 0) is 18.9 Å². The molecule has 2 aromatic heterocycles. The van der Waals surface area contributed by atoms with Crippen molar-refractivity contribution in [3.63, 3.8) is 0 Å². The number of hydrogen-bond acceptors (Lipinski definition) is 5. The van der Waals surface area contributed by atoms with Crippen LogP contribution >= 0.6 is 0 Å². The number of rotatable bonds is 6. The molecule has 1 aliphatic carbocycles. The van der Waals surface area contributed by atoms with Crippen LogP contribution in [0, 0.1) is 0 Å². The van der Waals surface area contributed by atoms with Crippen LogP contribution in [0.15, 0.2) is 29.1 Å². The van der Waals surface area contributed by atoms with E-state index < -0.39 is 0 Å². The predicted octanol–water partition coefficient (Wildman–Crippen LogP) is 1.07. The van der Waals surface area contributed by atoms with E-state index in [1.807, 2.05) is 12.3 Å². The number of carbonyl (C=O) groups excluding carboxylic acids is 1. The molecule has 1 unspecified atom stereocenters. The molecule has 1 aliphatic rings. The van der Waals surface area contributed by atoms with Gasteiger partial charge in [0.05, 0.1) is 30.8 Å².